The Labute approximate surface area is 135 Å². The summed E-state index contributed by atoms with van der Waals surface area (Å²) >= 11 is 1.42. The van der Waals surface area contributed by atoms with Crippen LogP contribution in [-0.2, 0) is 0 Å². The summed E-state index contributed by atoms with van der Waals surface area (Å²) in [5.74, 6) is -0.953. The van der Waals surface area contributed by atoms with Crippen molar-refractivity contribution in [3.8, 4) is 11.1 Å². The van der Waals surface area contributed by atoms with Crippen LogP contribution >= 0.6 is 11.3 Å². The minimum atomic E-state index is -0.555. The molecule has 0 aliphatic heterocycles. The smallest absolute Gasteiger partial charge is 0.212 e. The number of nitrogens with one attached hydrogen (secondary N) is 1. The monoisotopic (exact) mass is 330 g/mol. The van der Waals surface area contributed by atoms with Crippen LogP contribution in [0.1, 0.15) is 11.3 Å². The Balaban J connectivity index is 1.81. The summed E-state index contributed by atoms with van der Waals surface area (Å²) in [7, 11) is 0. The Hall–Kier alpha value is -2.67. The van der Waals surface area contributed by atoms with Gasteiger partial charge in [-0.2, -0.15) is 9.49 Å². The molecule has 0 fully saturated rings. The first kappa shape index (κ1) is 15.2. The third-order valence-corrected chi connectivity index (χ3v) is 3.90. The summed E-state index contributed by atoms with van der Waals surface area (Å²) in [5.41, 5.74) is 5.39. The van der Waals surface area contributed by atoms with Gasteiger partial charge in [0.25, 0.3) is 0 Å². The van der Waals surface area contributed by atoms with Gasteiger partial charge in [-0.1, -0.05) is 6.07 Å². The van der Waals surface area contributed by atoms with Gasteiger partial charge in [0.1, 0.15) is 5.82 Å². The number of anilines is 1. The van der Waals surface area contributed by atoms with Crippen molar-refractivity contribution in [2.75, 3.05) is 5.43 Å². The summed E-state index contributed by atoms with van der Waals surface area (Å²) in [6.07, 6.45) is 2.78. The molecule has 0 saturated carbocycles. The lowest BCUT2D eigenvalue weighted by Gasteiger charge is -2.03. The summed E-state index contributed by atoms with van der Waals surface area (Å²) in [4.78, 5) is 7.79. The van der Waals surface area contributed by atoms with Crippen LogP contribution in [0, 0.1) is 18.7 Å². The van der Waals surface area contributed by atoms with Crippen molar-refractivity contribution >= 4 is 22.7 Å². The van der Waals surface area contributed by atoms with Gasteiger partial charge in [-0.3, -0.25) is 5.43 Å². The standard InChI is InChI=1S/C16H12F2N4S/c1-10-9-23-16(21-10)22-20-8-13-6-11(2-4-14(13)17)12-3-5-15(18)19-7-12/h2-9H,1H3,(H,21,22). The molecular weight excluding hydrogens is 318 g/mol. The van der Waals surface area contributed by atoms with Gasteiger partial charge in [0.15, 0.2) is 0 Å². The molecule has 2 aromatic heterocycles. The number of nitrogens with zero attached hydrogens (tertiary/aromatic N) is 3. The Morgan fingerprint density at radius 1 is 1.17 bits per heavy atom. The lowest BCUT2D eigenvalue weighted by Crippen LogP contribution is -1.94. The molecule has 3 aromatic rings. The van der Waals surface area contributed by atoms with Gasteiger partial charge in [0.2, 0.25) is 11.1 Å². The molecule has 1 N–H and O–H groups in total. The van der Waals surface area contributed by atoms with Gasteiger partial charge in [-0.05, 0) is 36.8 Å². The van der Waals surface area contributed by atoms with Gasteiger partial charge in [0, 0.05) is 22.7 Å². The van der Waals surface area contributed by atoms with E-state index in [-0.39, 0.29) is 0 Å². The topological polar surface area (TPSA) is 50.2 Å². The molecule has 0 aliphatic carbocycles. The van der Waals surface area contributed by atoms with E-state index in [2.05, 4.69) is 20.5 Å². The van der Waals surface area contributed by atoms with E-state index in [1.54, 1.807) is 18.2 Å². The highest BCUT2D eigenvalue weighted by atomic mass is 32.1. The molecule has 0 radical (unpaired) electrons. The first-order chi connectivity index (χ1) is 11.1. The van der Waals surface area contributed by atoms with Crippen molar-refractivity contribution in [2.45, 2.75) is 6.92 Å². The Kier molecular flexibility index (Phi) is 4.38. The lowest BCUT2D eigenvalue weighted by molar-refractivity contribution is 0.584. The number of hydrogen-bond donors (Lipinski definition) is 1. The summed E-state index contributed by atoms with van der Waals surface area (Å²) in [6.45, 7) is 1.88. The highest BCUT2D eigenvalue weighted by molar-refractivity contribution is 7.13. The van der Waals surface area contributed by atoms with E-state index < -0.39 is 11.8 Å². The van der Waals surface area contributed by atoms with E-state index in [1.807, 2.05) is 12.3 Å². The maximum atomic E-state index is 13.9. The molecule has 0 amide bonds. The largest absolute Gasteiger partial charge is 0.253 e. The number of aryl methyl sites for hydroxylation is 1. The lowest BCUT2D eigenvalue weighted by atomic mass is 10.0. The van der Waals surface area contributed by atoms with E-state index in [0.29, 0.717) is 16.3 Å². The molecule has 0 atom stereocenters. The fourth-order valence-electron chi connectivity index (χ4n) is 1.93. The SMILES string of the molecule is Cc1csc(NN=Cc2cc(-c3ccc(F)nc3)ccc2F)n1. The molecule has 4 nitrogen and oxygen atoms in total. The average molecular weight is 330 g/mol. The fraction of sp³-hybridized carbons (Fsp3) is 0.0625. The van der Waals surface area contributed by atoms with Crippen molar-refractivity contribution in [1.82, 2.24) is 9.97 Å². The van der Waals surface area contributed by atoms with Gasteiger partial charge in [-0.15, -0.1) is 11.3 Å². The van der Waals surface area contributed by atoms with Crippen molar-refractivity contribution in [3.05, 3.63) is 64.9 Å². The van der Waals surface area contributed by atoms with E-state index in [1.165, 1.54) is 35.9 Å². The first-order valence-corrected chi connectivity index (χ1v) is 7.62. The predicted octanol–water partition coefficient (Wildman–Crippen LogP) is 4.24. The predicted molar refractivity (Wildman–Crippen MR) is 87.7 cm³/mol. The molecule has 0 unspecified atom stereocenters. The molecule has 7 heteroatoms. The number of halogens is 2. The van der Waals surface area contributed by atoms with Crippen molar-refractivity contribution < 1.29 is 8.78 Å². The molecular formula is C16H12F2N4S. The molecule has 3 rings (SSSR count). The second-order valence-electron chi connectivity index (χ2n) is 4.77. The van der Waals surface area contributed by atoms with Crippen LogP contribution in [-0.4, -0.2) is 16.2 Å². The highest BCUT2D eigenvalue weighted by Gasteiger charge is 2.05. The maximum absolute atomic E-state index is 13.9. The third-order valence-electron chi connectivity index (χ3n) is 3.04. The van der Waals surface area contributed by atoms with Crippen molar-refractivity contribution in [2.24, 2.45) is 5.10 Å². The minimum Gasteiger partial charge on any atom is -0.253 e. The molecule has 23 heavy (non-hydrogen) atoms. The number of rotatable bonds is 4. The van der Waals surface area contributed by atoms with Crippen LogP contribution in [0.4, 0.5) is 13.9 Å². The maximum Gasteiger partial charge on any atom is 0.212 e. The second-order valence-corrected chi connectivity index (χ2v) is 5.63. The Morgan fingerprint density at radius 3 is 2.70 bits per heavy atom. The molecule has 0 saturated heterocycles. The first-order valence-electron chi connectivity index (χ1n) is 6.74. The van der Waals surface area contributed by atoms with Gasteiger partial charge in [0.05, 0.1) is 11.9 Å². The van der Waals surface area contributed by atoms with Crippen LogP contribution in [0.15, 0.2) is 47.0 Å². The zero-order valence-corrected chi connectivity index (χ0v) is 12.9. The number of hydrogen-bond acceptors (Lipinski definition) is 5. The number of thiazole rings is 1. The zero-order chi connectivity index (χ0) is 16.2. The minimum absolute atomic E-state index is 0.313. The molecule has 0 bridgehead atoms. The highest BCUT2D eigenvalue weighted by Crippen LogP contribution is 2.21. The van der Waals surface area contributed by atoms with Gasteiger partial charge < -0.3 is 0 Å². The van der Waals surface area contributed by atoms with Crippen molar-refractivity contribution in [3.63, 3.8) is 0 Å². The van der Waals surface area contributed by atoms with Crippen LogP contribution in [0.3, 0.4) is 0 Å². The summed E-state index contributed by atoms with van der Waals surface area (Å²) < 4.78 is 26.7. The van der Waals surface area contributed by atoms with Gasteiger partial charge >= 0.3 is 0 Å². The number of pyridine rings is 1. The van der Waals surface area contributed by atoms with E-state index >= 15 is 0 Å². The number of benzene rings is 1. The summed E-state index contributed by atoms with van der Waals surface area (Å²) in [5, 5.41) is 6.52. The third kappa shape index (κ3) is 3.75. The zero-order valence-electron chi connectivity index (χ0n) is 12.1. The summed E-state index contributed by atoms with van der Waals surface area (Å²) in [6, 6.07) is 7.43. The van der Waals surface area contributed by atoms with Crippen LogP contribution in [0.25, 0.3) is 11.1 Å². The molecule has 1 aromatic carbocycles. The Bertz CT molecular complexity index is 844. The molecule has 0 aliphatic rings. The fourth-order valence-corrected chi connectivity index (χ4v) is 2.57. The second kappa shape index (κ2) is 6.62. The van der Waals surface area contributed by atoms with Crippen LogP contribution < -0.4 is 5.43 Å². The van der Waals surface area contributed by atoms with E-state index in [9.17, 15) is 8.78 Å². The van der Waals surface area contributed by atoms with E-state index in [4.69, 9.17) is 0 Å². The van der Waals surface area contributed by atoms with Crippen LogP contribution in [0.5, 0.6) is 0 Å². The molecule has 0 spiro atoms. The van der Waals surface area contributed by atoms with Crippen LogP contribution in [0.2, 0.25) is 0 Å². The molecule has 116 valence electrons. The van der Waals surface area contributed by atoms with Gasteiger partial charge in [-0.25, -0.2) is 14.4 Å². The Morgan fingerprint density at radius 2 is 2.00 bits per heavy atom. The van der Waals surface area contributed by atoms with Crippen molar-refractivity contribution in [1.29, 1.82) is 0 Å². The normalized spacial score (nSPS) is 11.1. The number of aromatic nitrogens is 2. The quantitative estimate of drug-likeness (QED) is 0.442. The average Bonchev–Trinajstić information content (AvgIpc) is 2.95. The number of hydrazone groups is 1. The molecule has 2 heterocycles. The van der Waals surface area contributed by atoms with E-state index in [0.717, 1.165) is 11.3 Å².